The molecule has 3 aromatic rings. The van der Waals surface area contributed by atoms with E-state index in [0.29, 0.717) is 12.3 Å². The maximum absolute atomic E-state index is 12.3. The number of hydrogen-bond donors (Lipinski definition) is 1. The molecule has 144 valence electrons. The number of hydrogen-bond acceptors (Lipinski definition) is 3. The van der Waals surface area contributed by atoms with Gasteiger partial charge < -0.3 is 14.8 Å². The molecule has 3 aromatic carbocycles. The largest absolute Gasteiger partial charge is 0.481 e. The second kappa shape index (κ2) is 8.53. The molecular formula is C25H21NO3. The van der Waals surface area contributed by atoms with Gasteiger partial charge in [0.1, 0.15) is 19.0 Å². The first-order valence-electron chi connectivity index (χ1n) is 9.51. The number of amides is 1. The van der Waals surface area contributed by atoms with Crippen LogP contribution in [0.5, 0.6) is 5.75 Å². The van der Waals surface area contributed by atoms with Gasteiger partial charge in [0.15, 0.2) is 0 Å². The first-order chi connectivity index (χ1) is 14.3. The van der Waals surface area contributed by atoms with E-state index in [1.165, 1.54) is 22.3 Å². The van der Waals surface area contributed by atoms with E-state index in [2.05, 4.69) is 35.5 Å². The molecule has 0 spiro atoms. The van der Waals surface area contributed by atoms with Crippen molar-refractivity contribution in [2.75, 3.05) is 13.2 Å². The van der Waals surface area contributed by atoms with E-state index in [1.807, 2.05) is 48.5 Å². The van der Waals surface area contributed by atoms with E-state index in [-0.39, 0.29) is 19.1 Å². The number of para-hydroxylation sites is 1. The van der Waals surface area contributed by atoms with Crippen molar-refractivity contribution in [3.05, 3.63) is 89.5 Å². The Morgan fingerprint density at radius 3 is 2.24 bits per heavy atom. The molecule has 0 radical (unpaired) electrons. The monoisotopic (exact) mass is 383 g/mol. The summed E-state index contributed by atoms with van der Waals surface area (Å²) in [5, 5.41) is 2.79. The maximum Gasteiger partial charge on any atom is 0.407 e. The zero-order valence-corrected chi connectivity index (χ0v) is 15.9. The van der Waals surface area contributed by atoms with E-state index in [9.17, 15) is 4.79 Å². The molecule has 0 saturated heterocycles. The first-order valence-corrected chi connectivity index (χ1v) is 9.51. The van der Waals surface area contributed by atoms with Gasteiger partial charge in [-0.2, -0.15) is 0 Å². The minimum absolute atomic E-state index is 0.0411. The number of rotatable bonds is 6. The Morgan fingerprint density at radius 2 is 1.55 bits per heavy atom. The molecule has 0 unspecified atom stereocenters. The van der Waals surface area contributed by atoms with Crippen LogP contribution in [0.2, 0.25) is 0 Å². The minimum atomic E-state index is -0.460. The lowest BCUT2D eigenvalue weighted by Gasteiger charge is -2.15. The molecule has 29 heavy (non-hydrogen) atoms. The molecule has 0 atom stereocenters. The van der Waals surface area contributed by atoms with Crippen molar-refractivity contribution >= 4 is 6.09 Å². The molecule has 0 aliphatic heterocycles. The minimum Gasteiger partial charge on any atom is -0.481 e. The summed E-state index contributed by atoms with van der Waals surface area (Å²) in [6.45, 7) is 0.772. The number of carbonyl (C=O) groups excluding carboxylic acids is 1. The highest BCUT2D eigenvalue weighted by Gasteiger charge is 2.28. The van der Waals surface area contributed by atoms with Gasteiger partial charge >= 0.3 is 6.09 Å². The van der Waals surface area contributed by atoms with Gasteiger partial charge in [0.25, 0.3) is 0 Å². The molecule has 0 saturated carbocycles. The molecular weight excluding hydrogens is 362 g/mol. The van der Waals surface area contributed by atoms with Crippen molar-refractivity contribution in [2.45, 2.75) is 12.5 Å². The average Bonchev–Trinajstić information content (AvgIpc) is 3.09. The van der Waals surface area contributed by atoms with Gasteiger partial charge in [0.2, 0.25) is 0 Å². The maximum atomic E-state index is 12.3. The van der Waals surface area contributed by atoms with Crippen molar-refractivity contribution in [1.29, 1.82) is 0 Å². The zero-order valence-electron chi connectivity index (χ0n) is 15.9. The molecule has 4 rings (SSSR count). The fourth-order valence-electron chi connectivity index (χ4n) is 3.73. The normalized spacial score (nSPS) is 11.8. The predicted molar refractivity (Wildman–Crippen MR) is 113 cm³/mol. The standard InChI is InChI=1S/C25H21NO3/c1-2-15-28-24-14-8-3-9-18(24)16-26-25(27)29-17-23-21-12-6-4-10-19(21)20-11-5-7-13-22(20)23/h1,3-14,23H,15-17H2,(H,26,27). The molecule has 1 aliphatic rings. The first kappa shape index (κ1) is 18.6. The van der Waals surface area contributed by atoms with Crippen molar-refractivity contribution in [3.8, 4) is 29.2 Å². The highest BCUT2D eigenvalue weighted by molar-refractivity contribution is 5.79. The molecule has 4 heteroatoms. The smallest absolute Gasteiger partial charge is 0.407 e. The summed E-state index contributed by atoms with van der Waals surface area (Å²) in [7, 11) is 0. The number of ether oxygens (including phenoxy) is 2. The van der Waals surface area contributed by atoms with Gasteiger partial charge in [0, 0.05) is 18.0 Å². The fraction of sp³-hybridized carbons (Fsp3) is 0.160. The van der Waals surface area contributed by atoms with Gasteiger partial charge in [-0.15, -0.1) is 6.42 Å². The Labute approximate surface area is 170 Å². The van der Waals surface area contributed by atoms with E-state index >= 15 is 0 Å². The molecule has 0 bridgehead atoms. The third kappa shape index (κ3) is 3.95. The summed E-state index contributed by atoms with van der Waals surface area (Å²) in [5.74, 6) is 3.14. The van der Waals surface area contributed by atoms with Crippen LogP contribution in [-0.2, 0) is 11.3 Å². The number of fused-ring (bicyclic) bond motifs is 3. The van der Waals surface area contributed by atoms with Gasteiger partial charge in [-0.25, -0.2) is 4.79 Å². The summed E-state index contributed by atoms with van der Waals surface area (Å²) in [6, 6.07) is 24.0. The van der Waals surface area contributed by atoms with Crippen molar-refractivity contribution in [3.63, 3.8) is 0 Å². The van der Waals surface area contributed by atoms with E-state index in [4.69, 9.17) is 15.9 Å². The lowest BCUT2D eigenvalue weighted by atomic mass is 9.98. The lowest BCUT2D eigenvalue weighted by Crippen LogP contribution is -2.26. The molecule has 0 fully saturated rings. The Hall–Kier alpha value is -3.71. The quantitative estimate of drug-likeness (QED) is 0.626. The van der Waals surface area contributed by atoms with Crippen molar-refractivity contribution in [1.82, 2.24) is 5.32 Å². The summed E-state index contributed by atoms with van der Waals surface area (Å²) in [6.07, 6.45) is 4.79. The Bertz CT molecular complexity index is 1020. The summed E-state index contributed by atoms with van der Waals surface area (Å²) >= 11 is 0. The third-order valence-electron chi connectivity index (χ3n) is 5.05. The van der Waals surface area contributed by atoms with Crippen LogP contribution in [0.1, 0.15) is 22.6 Å². The van der Waals surface area contributed by atoms with Crippen LogP contribution in [0.3, 0.4) is 0 Å². The second-order valence-corrected chi connectivity index (χ2v) is 6.78. The Kier molecular flexibility index (Phi) is 5.49. The van der Waals surface area contributed by atoms with Crippen LogP contribution in [0.15, 0.2) is 72.8 Å². The van der Waals surface area contributed by atoms with Crippen LogP contribution in [0.4, 0.5) is 4.79 Å². The summed E-state index contributed by atoms with van der Waals surface area (Å²) in [4.78, 5) is 12.3. The predicted octanol–water partition coefficient (Wildman–Crippen LogP) is 4.74. The molecule has 1 N–H and O–H groups in total. The Morgan fingerprint density at radius 1 is 0.931 bits per heavy atom. The van der Waals surface area contributed by atoms with E-state index in [1.54, 1.807) is 0 Å². The fourth-order valence-corrected chi connectivity index (χ4v) is 3.73. The van der Waals surface area contributed by atoms with Crippen LogP contribution in [0.25, 0.3) is 11.1 Å². The number of benzene rings is 3. The van der Waals surface area contributed by atoms with E-state index < -0.39 is 6.09 Å². The van der Waals surface area contributed by atoms with Gasteiger partial charge in [-0.05, 0) is 28.3 Å². The van der Waals surface area contributed by atoms with Gasteiger partial charge in [-0.1, -0.05) is 72.7 Å². The molecule has 1 aliphatic carbocycles. The second-order valence-electron chi connectivity index (χ2n) is 6.78. The van der Waals surface area contributed by atoms with Gasteiger partial charge in [-0.3, -0.25) is 0 Å². The highest BCUT2D eigenvalue weighted by atomic mass is 16.5. The number of terminal acetylenes is 1. The average molecular weight is 383 g/mol. The van der Waals surface area contributed by atoms with Crippen molar-refractivity contribution in [2.24, 2.45) is 0 Å². The molecule has 0 aromatic heterocycles. The SMILES string of the molecule is C#CCOc1ccccc1CNC(=O)OCC1c2ccccc2-c2ccccc21. The number of alkyl carbamates (subject to hydrolysis) is 1. The van der Waals surface area contributed by atoms with E-state index in [0.717, 1.165) is 5.56 Å². The van der Waals surface area contributed by atoms with Crippen molar-refractivity contribution < 1.29 is 14.3 Å². The summed E-state index contributed by atoms with van der Waals surface area (Å²) in [5.41, 5.74) is 5.63. The topological polar surface area (TPSA) is 47.6 Å². The highest BCUT2D eigenvalue weighted by Crippen LogP contribution is 2.44. The van der Waals surface area contributed by atoms with Gasteiger partial charge in [0.05, 0.1) is 0 Å². The summed E-state index contributed by atoms with van der Waals surface area (Å²) < 4.78 is 11.1. The molecule has 0 heterocycles. The number of carbonyl (C=O) groups is 1. The molecule has 4 nitrogen and oxygen atoms in total. The Balaban J connectivity index is 1.39. The molecule has 1 amide bonds. The third-order valence-corrected chi connectivity index (χ3v) is 5.05. The van der Waals surface area contributed by atoms with Crippen LogP contribution >= 0.6 is 0 Å². The van der Waals surface area contributed by atoms with Crippen LogP contribution in [0, 0.1) is 12.3 Å². The lowest BCUT2D eigenvalue weighted by molar-refractivity contribution is 0.142. The van der Waals surface area contributed by atoms with Crippen LogP contribution in [-0.4, -0.2) is 19.3 Å². The number of nitrogens with one attached hydrogen (secondary N) is 1. The van der Waals surface area contributed by atoms with Crippen LogP contribution < -0.4 is 10.1 Å². The zero-order chi connectivity index (χ0) is 20.1.